The largest absolute Gasteiger partial charge is 0.471 e. The first-order valence-corrected chi connectivity index (χ1v) is 10.3. The summed E-state index contributed by atoms with van der Waals surface area (Å²) in [6.07, 6.45) is 5.97. The molecule has 2 aromatic rings. The lowest BCUT2D eigenvalue weighted by molar-refractivity contribution is -0.120. The van der Waals surface area contributed by atoms with Crippen LogP contribution in [0.3, 0.4) is 0 Å². The standard InChI is InChI=1S/C22H24F2N6O2/c1-20(31)11-22(12-20)6-16(7-22)29-17-15(8-25)10-28-19(30-17)27-9-14-4-3-5-26-18(14)32-13-21(2,23)24/h3-5,10,31H,6-7,9,11-13H2,1-2H3,(H,27,28,30). The zero-order chi connectivity index (χ0) is 23.0. The minimum absolute atomic E-state index is 0.104. The van der Waals surface area contributed by atoms with Gasteiger partial charge >= 0.3 is 0 Å². The Morgan fingerprint density at radius 2 is 2.09 bits per heavy atom. The van der Waals surface area contributed by atoms with Gasteiger partial charge in [0.25, 0.3) is 5.92 Å². The number of nitrogens with zero attached hydrogens (tertiary/aromatic N) is 5. The number of pyridine rings is 1. The lowest BCUT2D eigenvalue weighted by atomic mass is 9.49. The Bertz CT molecular complexity index is 1070. The summed E-state index contributed by atoms with van der Waals surface area (Å²) < 4.78 is 31.4. The molecule has 168 valence electrons. The van der Waals surface area contributed by atoms with Crippen LogP contribution >= 0.6 is 0 Å². The SMILES string of the molecule is CC(F)(F)COc1ncccc1CNc1ncc(C#N)c(N=C2CC3(C2)CC(C)(O)C3)n1. The minimum Gasteiger partial charge on any atom is -0.471 e. The molecule has 0 aliphatic heterocycles. The third-order valence-corrected chi connectivity index (χ3v) is 5.57. The van der Waals surface area contributed by atoms with Crippen LogP contribution in [0.15, 0.2) is 29.5 Å². The maximum absolute atomic E-state index is 13.1. The highest BCUT2D eigenvalue weighted by Crippen LogP contribution is 2.59. The number of anilines is 1. The number of aromatic nitrogens is 3. The van der Waals surface area contributed by atoms with Crippen LogP contribution < -0.4 is 10.1 Å². The van der Waals surface area contributed by atoms with Crippen molar-refractivity contribution < 1.29 is 18.6 Å². The first-order chi connectivity index (χ1) is 15.1. The first-order valence-electron chi connectivity index (χ1n) is 10.3. The van der Waals surface area contributed by atoms with E-state index in [1.54, 1.807) is 12.1 Å². The van der Waals surface area contributed by atoms with Gasteiger partial charge in [0.15, 0.2) is 12.4 Å². The molecule has 2 N–H and O–H groups in total. The average molecular weight is 442 g/mol. The van der Waals surface area contributed by atoms with E-state index in [-0.39, 0.29) is 35.2 Å². The second kappa shape index (κ2) is 8.06. The highest BCUT2D eigenvalue weighted by atomic mass is 19.3. The summed E-state index contributed by atoms with van der Waals surface area (Å²) in [6.45, 7) is 2.04. The van der Waals surface area contributed by atoms with Gasteiger partial charge in [0.2, 0.25) is 11.8 Å². The lowest BCUT2D eigenvalue weighted by Crippen LogP contribution is -2.56. The summed E-state index contributed by atoms with van der Waals surface area (Å²) >= 11 is 0. The smallest absolute Gasteiger partial charge is 0.278 e. The molecule has 2 saturated carbocycles. The number of halogens is 2. The fraction of sp³-hybridized carbons (Fsp3) is 0.500. The Morgan fingerprint density at radius 1 is 1.34 bits per heavy atom. The molecule has 0 amide bonds. The van der Waals surface area contributed by atoms with Gasteiger partial charge < -0.3 is 15.2 Å². The van der Waals surface area contributed by atoms with Crippen molar-refractivity contribution in [2.24, 2.45) is 10.4 Å². The van der Waals surface area contributed by atoms with Crippen LogP contribution in [0.2, 0.25) is 0 Å². The topological polar surface area (TPSA) is 116 Å². The number of hydrogen-bond donors (Lipinski definition) is 2. The number of aliphatic hydroxyl groups is 1. The predicted octanol–water partition coefficient (Wildman–Crippen LogP) is 3.79. The second-order valence-electron chi connectivity index (χ2n) is 9.10. The Labute approximate surface area is 184 Å². The molecule has 2 aromatic heterocycles. The number of rotatable bonds is 7. The average Bonchev–Trinajstić information content (AvgIpc) is 2.68. The van der Waals surface area contributed by atoms with Gasteiger partial charge in [0, 0.05) is 30.9 Å². The maximum Gasteiger partial charge on any atom is 0.278 e. The van der Waals surface area contributed by atoms with E-state index in [0.717, 1.165) is 38.3 Å². The van der Waals surface area contributed by atoms with E-state index in [1.807, 2.05) is 6.92 Å². The zero-order valence-electron chi connectivity index (χ0n) is 17.9. The Hall–Kier alpha value is -3.19. The minimum atomic E-state index is -2.97. The Balaban J connectivity index is 1.43. The molecular formula is C22H24F2N6O2. The van der Waals surface area contributed by atoms with E-state index in [4.69, 9.17) is 4.74 Å². The fourth-order valence-corrected chi connectivity index (χ4v) is 4.54. The second-order valence-corrected chi connectivity index (χ2v) is 9.10. The molecule has 2 heterocycles. The number of aliphatic imine (C=N–C) groups is 1. The molecule has 0 radical (unpaired) electrons. The quantitative estimate of drug-likeness (QED) is 0.670. The molecule has 8 nitrogen and oxygen atoms in total. The van der Waals surface area contributed by atoms with Crippen molar-refractivity contribution in [1.29, 1.82) is 5.26 Å². The van der Waals surface area contributed by atoms with E-state index in [1.165, 1.54) is 12.4 Å². The lowest BCUT2D eigenvalue weighted by Gasteiger charge is -2.57. The Morgan fingerprint density at radius 3 is 2.75 bits per heavy atom. The molecule has 32 heavy (non-hydrogen) atoms. The maximum atomic E-state index is 13.1. The molecule has 0 saturated heterocycles. The molecular weight excluding hydrogens is 418 g/mol. The van der Waals surface area contributed by atoms with Crippen molar-refractivity contribution in [3.8, 4) is 11.9 Å². The summed E-state index contributed by atoms with van der Waals surface area (Å²) in [5.41, 5.74) is 1.33. The summed E-state index contributed by atoms with van der Waals surface area (Å²) in [6, 6.07) is 5.43. The zero-order valence-corrected chi connectivity index (χ0v) is 17.9. The van der Waals surface area contributed by atoms with Crippen molar-refractivity contribution in [3.05, 3.63) is 35.7 Å². The molecule has 10 heteroatoms. The fourth-order valence-electron chi connectivity index (χ4n) is 4.54. The van der Waals surface area contributed by atoms with E-state index < -0.39 is 18.1 Å². The number of hydrogen-bond acceptors (Lipinski definition) is 8. The van der Waals surface area contributed by atoms with Gasteiger partial charge in [-0.1, -0.05) is 6.07 Å². The van der Waals surface area contributed by atoms with E-state index in [0.29, 0.717) is 5.56 Å². The third kappa shape index (κ3) is 4.99. The van der Waals surface area contributed by atoms with Gasteiger partial charge in [0.05, 0.1) is 11.8 Å². The van der Waals surface area contributed by atoms with Crippen LogP contribution in [0.4, 0.5) is 20.5 Å². The monoisotopic (exact) mass is 442 g/mol. The van der Waals surface area contributed by atoms with E-state index in [9.17, 15) is 19.1 Å². The third-order valence-electron chi connectivity index (χ3n) is 5.57. The summed E-state index contributed by atoms with van der Waals surface area (Å²) in [5.74, 6) is -2.33. The van der Waals surface area contributed by atoms with Gasteiger partial charge in [-0.25, -0.2) is 23.7 Å². The van der Waals surface area contributed by atoms with Gasteiger partial charge in [-0.15, -0.1) is 0 Å². The number of ether oxygens (including phenoxy) is 1. The summed E-state index contributed by atoms with van der Waals surface area (Å²) in [5, 5.41) is 22.4. The Kier molecular flexibility index (Phi) is 5.54. The van der Waals surface area contributed by atoms with Crippen molar-refractivity contribution in [2.45, 2.75) is 57.6 Å². The van der Waals surface area contributed by atoms with E-state index in [2.05, 4.69) is 31.3 Å². The van der Waals surface area contributed by atoms with E-state index >= 15 is 0 Å². The van der Waals surface area contributed by atoms with Crippen molar-refractivity contribution in [1.82, 2.24) is 15.0 Å². The highest BCUT2D eigenvalue weighted by molar-refractivity contribution is 5.94. The molecule has 1 spiro atoms. The van der Waals surface area contributed by atoms with Crippen molar-refractivity contribution in [3.63, 3.8) is 0 Å². The first kappa shape index (κ1) is 22.0. The van der Waals surface area contributed by atoms with Gasteiger partial charge in [-0.3, -0.25) is 0 Å². The van der Waals surface area contributed by atoms with Gasteiger partial charge in [-0.2, -0.15) is 10.2 Å². The molecule has 0 unspecified atom stereocenters. The molecule has 2 aliphatic rings. The van der Waals surface area contributed by atoms with Crippen LogP contribution in [-0.4, -0.2) is 43.9 Å². The van der Waals surface area contributed by atoms with Gasteiger partial charge in [0.1, 0.15) is 11.6 Å². The van der Waals surface area contributed by atoms with Crippen molar-refractivity contribution >= 4 is 17.5 Å². The van der Waals surface area contributed by atoms with Crippen LogP contribution in [0.1, 0.15) is 50.7 Å². The number of nitriles is 1. The molecule has 2 fully saturated rings. The number of alkyl halides is 2. The molecule has 0 aromatic carbocycles. The highest BCUT2D eigenvalue weighted by Gasteiger charge is 2.56. The number of nitrogens with one attached hydrogen (secondary N) is 1. The van der Waals surface area contributed by atoms with Crippen LogP contribution in [0.5, 0.6) is 5.88 Å². The summed E-state index contributed by atoms with van der Waals surface area (Å²) in [4.78, 5) is 17.1. The van der Waals surface area contributed by atoms with Crippen molar-refractivity contribution in [2.75, 3.05) is 11.9 Å². The normalized spacial score (nSPS) is 24.3. The molecule has 4 rings (SSSR count). The predicted molar refractivity (Wildman–Crippen MR) is 113 cm³/mol. The summed E-state index contributed by atoms with van der Waals surface area (Å²) in [7, 11) is 0. The molecule has 2 aliphatic carbocycles. The molecule has 0 atom stereocenters. The van der Waals surface area contributed by atoms with Crippen LogP contribution in [0.25, 0.3) is 0 Å². The van der Waals surface area contributed by atoms with Crippen LogP contribution in [-0.2, 0) is 6.54 Å². The van der Waals surface area contributed by atoms with Gasteiger partial charge in [-0.05, 0) is 44.1 Å². The molecule has 0 bridgehead atoms. The van der Waals surface area contributed by atoms with Crippen LogP contribution in [0, 0.1) is 16.7 Å².